The molecule has 1 unspecified atom stereocenters. The van der Waals surface area contributed by atoms with Crippen LogP contribution in [0, 0.1) is 6.92 Å². The van der Waals surface area contributed by atoms with Crippen LogP contribution in [-0.2, 0) is 6.54 Å². The summed E-state index contributed by atoms with van der Waals surface area (Å²) >= 11 is 0. The lowest BCUT2D eigenvalue weighted by atomic mass is 10.0. The summed E-state index contributed by atoms with van der Waals surface area (Å²) in [4.78, 5) is 2.38. The minimum atomic E-state index is 0.268. The fourth-order valence-electron chi connectivity index (χ4n) is 4.79. The Bertz CT molecular complexity index is 1280. The van der Waals surface area contributed by atoms with Gasteiger partial charge >= 0.3 is 0 Å². The molecular formula is C26H26N4O4. The van der Waals surface area contributed by atoms with E-state index in [1.54, 1.807) is 0 Å². The molecule has 1 atom stereocenters. The van der Waals surface area contributed by atoms with Crippen LogP contribution in [0.2, 0.25) is 0 Å². The van der Waals surface area contributed by atoms with E-state index in [1.807, 2.05) is 43.3 Å². The Hall–Kier alpha value is -3.65. The second-order valence-corrected chi connectivity index (χ2v) is 8.71. The molecule has 0 amide bonds. The van der Waals surface area contributed by atoms with Crippen molar-refractivity contribution >= 4 is 0 Å². The third-order valence-corrected chi connectivity index (χ3v) is 6.45. The summed E-state index contributed by atoms with van der Waals surface area (Å²) in [5, 5.41) is 12.9. The highest BCUT2D eigenvalue weighted by molar-refractivity contribution is 5.77. The number of fused-ring (bicyclic) bond motifs is 1. The molecule has 1 saturated heterocycles. The average Bonchev–Trinajstić information content (AvgIpc) is 3.56. The van der Waals surface area contributed by atoms with Gasteiger partial charge in [-0.25, -0.2) is 0 Å². The number of aromatic nitrogens is 3. The topological polar surface area (TPSA) is 86.7 Å². The first-order chi connectivity index (χ1) is 16.8. The normalized spacial score (nSPS) is 18.2. The Balaban J connectivity index is 1.23. The molecule has 2 aromatic carbocycles. The molecule has 34 heavy (non-hydrogen) atoms. The third-order valence-electron chi connectivity index (χ3n) is 6.45. The third kappa shape index (κ3) is 3.94. The summed E-state index contributed by atoms with van der Waals surface area (Å²) in [5.74, 6) is 3.32. The number of nitrogens with zero attached hydrogens (tertiary/aromatic N) is 4. The van der Waals surface area contributed by atoms with Crippen molar-refractivity contribution in [3.8, 4) is 34.2 Å². The molecule has 0 aliphatic carbocycles. The molecule has 2 aliphatic rings. The summed E-state index contributed by atoms with van der Waals surface area (Å²) in [6, 6.07) is 16.4. The molecule has 4 heterocycles. The number of hydrogen-bond acceptors (Lipinski definition) is 8. The molecule has 0 radical (unpaired) electrons. The number of hydrogen-bond donors (Lipinski definition) is 0. The van der Waals surface area contributed by atoms with Gasteiger partial charge in [0.2, 0.25) is 5.89 Å². The Morgan fingerprint density at radius 1 is 0.971 bits per heavy atom. The predicted octanol–water partition coefficient (Wildman–Crippen LogP) is 5.20. The molecule has 0 N–H and O–H groups in total. The second kappa shape index (κ2) is 8.95. The minimum Gasteiger partial charge on any atom is -0.490 e. The molecule has 6 rings (SSSR count). The Morgan fingerprint density at radius 3 is 2.71 bits per heavy atom. The standard InChI is InChI=1S/C26H26N4O4/c1-17-24(25(29-34-17)18-7-3-2-4-8-18)26-28-27-23(33-26)16-30-12-5-9-20(30)19-10-11-21-22(15-19)32-14-6-13-31-21/h2-4,7-8,10-11,15,20H,5-6,9,12-14,16H2,1H3. The zero-order chi connectivity index (χ0) is 22.9. The Labute approximate surface area is 197 Å². The maximum absolute atomic E-state index is 6.12. The highest BCUT2D eigenvalue weighted by Gasteiger charge is 2.29. The van der Waals surface area contributed by atoms with E-state index in [2.05, 4.69) is 32.4 Å². The van der Waals surface area contributed by atoms with Crippen LogP contribution in [0.1, 0.15) is 42.5 Å². The van der Waals surface area contributed by atoms with E-state index in [4.69, 9.17) is 18.4 Å². The van der Waals surface area contributed by atoms with Crippen molar-refractivity contribution in [2.75, 3.05) is 19.8 Å². The lowest BCUT2D eigenvalue weighted by Gasteiger charge is -2.24. The molecule has 1 fully saturated rings. The average molecular weight is 459 g/mol. The Morgan fingerprint density at radius 2 is 1.82 bits per heavy atom. The van der Waals surface area contributed by atoms with Gasteiger partial charge in [0.15, 0.2) is 11.5 Å². The fourth-order valence-corrected chi connectivity index (χ4v) is 4.79. The van der Waals surface area contributed by atoms with Gasteiger partial charge in [0.1, 0.15) is 17.0 Å². The van der Waals surface area contributed by atoms with Crippen LogP contribution in [-0.4, -0.2) is 40.0 Å². The van der Waals surface area contributed by atoms with Crippen LogP contribution in [0.3, 0.4) is 0 Å². The van der Waals surface area contributed by atoms with Crippen molar-refractivity contribution in [3.05, 3.63) is 65.7 Å². The van der Waals surface area contributed by atoms with Gasteiger partial charge < -0.3 is 18.4 Å². The van der Waals surface area contributed by atoms with E-state index in [0.29, 0.717) is 43.0 Å². The SMILES string of the molecule is Cc1onc(-c2ccccc2)c1-c1nnc(CN2CCCC2c2ccc3c(c2)OCCCO3)o1. The highest BCUT2D eigenvalue weighted by atomic mass is 16.5. The number of ether oxygens (including phenoxy) is 2. The summed E-state index contributed by atoms with van der Waals surface area (Å²) in [6.07, 6.45) is 3.09. The van der Waals surface area contributed by atoms with Crippen molar-refractivity contribution in [2.45, 2.75) is 38.8 Å². The van der Waals surface area contributed by atoms with Crippen LogP contribution in [0.15, 0.2) is 57.5 Å². The van der Waals surface area contributed by atoms with E-state index in [0.717, 1.165) is 48.4 Å². The van der Waals surface area contributed by atoms with Crippen molar-refractivity contribution < 1.29 is 18.4 Å². The lowest BCUT2D eigenvalue weighted by Crippen LogP contribution is -2.23. The highest BCUT2D eigenvalue weighted by Crippen LogP contribution is 2.39. The molecule has 0 saturated carbocycles. The first kappa shape index (κ1) is 20.9. The monoisotopic (exact) mass is 458 g/mol. The smallest absolute Gasteiger partial charge is 0.253 e. The van der Waals surface area contributed by atoms with Gasteiger partial charge in [0.25, 0.3) is 5.89 Å². The molecule has 174 valence electrons. The van der Waals surface area contributed by atoms with Gasteiger partial charge in [0.05, 0.1) is 19.8 Å². The molecule has 0 spiro atoms. The van der Waals surface area contributed by atoms with Gasteiger partial charge in [-0.1, -0.05) is 41.6 Å². The molecule has 2 aliphatic heterocycles. The van der Waals surface area contributed by atoms with Crippen LogP contribution < -0.4 is 9.47 Å². The van der Waals surface area contributed by atoms with Gasteiger partial charge in [-0.15, -0.1) is 10.2 Å². The van der Waals surface area contributed by atoms with Gasteiger partial charge in [0, 0.05) is 18.0 Å². The van der Waals surface area contributed by atoms with Crippen molar-refractivity contribution in [1.29, 1.82) is 0 Å². The molecule has 4 aromatic rings. The quantitative estimate of drug-likeness (QED) is 0.403. The summed E-state index contributed by atoms with van der Waals surface area (Å²) in [7, 11) is 0. The first-order valence-corrected chi connectivity index (χ1v) is 11.7. The number of rotatable bonds is 5. The summed E-state index contributed by atoms with van der Waals surface area (Å²) in [5.41, 5.74) is 3.62. The number of aryl methyl sites for hydroxylation is 1. The number of benzene rings is 2. The van der Waals surface area contributed by atoms with E-state index in [1.165, 1.54) is 5.56 Å². The van der Waals surface area contributed by atoms with Gasteiger partial charge in [-0.2, -0.15) is 0 Å². The molecule has 2 aromatic heterocycles. The largest absolute Gasteiger partial charge is 0.490 e. The lowest BCUT2D eigenvalue weighted by molar-refractivity contribution is 0.223. The molecule has 8 heteroatoms. The maximum atomic E-state index is 6.12. The molecular weight excluding hydrogens is 432 g/mol. The maximum Gasteiger partial charge on any atom is 0.253 e. The van der Waals surface area contributed by atoms with Crippen molar-refractivity contribution in [1.82, 2.24) is 20.3 Å². The second-order valence-electron chi connectivity index (χ2n) is 8.71. The van der Waals surface area contributed by atoms with E-state index in [9.17, 15) is 0 Å². The minimum absolute atomic E-state index is 0.268. The Kier molecular flexibility index (Phi) is 5.50. The van der Waals surface area contributed by atoms with Crippen LogP contribution in [0.5, 0.6) is 11.5 Å². The first-order valence-electron chi connectivity index (χ1n) is 11.7. The van der Waals surface area contributed by atoms with Crippen LogP contribution in [0.25, 0.3) is 22.7 Å². The van der Waals surface area contributed by atoms with Crippen LogP contribution in [0.4, 0.5) is 0 Å². The summed E-state index contributed by atoms with van der Waals surface area (Å²) in [6.45, 7) is 4.79. The number of likely N-dealkylation sites (tertiary alicyclic amines) is 1. The zero-order valence-corrected chi connectivity index (χ0v) is 19.1. The van der Waals surface area contributed by atoms with Gasteiger partial charge in [-0.3, -0.25) is 4.90 Å². The van der Waals surface area contributed by atoms with E-state index >= 15 is 0 Å². The molecule has 8 nitrogen and oxygen atoms in total. The van der Waals surface area contributed by atoms with E-state index in [-0.39, 0.29) is 6.04 Å². The predicted molar refractivity (Wildman–Crippen MR) is 124 cm³/mol. The van der Waals surface area contributed by atoms with Gasteiger partial charge in [-0.05, 0) is 44.0 Å². The van der Waals surface area contributed by atoms with Crippen molar-refractivity contribution in [2.24, 2.45) is 0 Å². The van der Waals surface area contributed by atoms with Crippen LogP contribution >= 0.6 is 0 Å². The molecule has 0 bridgehead atoms. The van der Waals surface area contributed by atoms with Crippen molar-refractivity contribution in [3.63, 3.8) is 0 Å². The zero-order valence-electron chi connectivity index (χ0n) is 19.1. The van der Waals surface area contributed by atoms with E-state index < -0.39 is 0 Å². The summed E-state index contributed by atoms with van der Waals surface area (Å²) < 4.78 is 23.3. The fraction of sp³-hybridized carbons (Fsp3) is 0.346.